The molecule has 0 heterocycles. The highest BCUT2D eigenvalue weighted by Crippen LogP contribution is 2.19. The van der Waals surface area contributed by atoms with Crippen molar-refractivity contribution >= 4 is 16.0 Å². The lowest BCUT2D eigenvalue weighted by molar-refractivity contribution is 0.0690. The van der Waals surface area contributed by atoms with Crippen molar-refractivity contribution in [3.05, 3.63) is 65.7 Å². The number of amides is 1. The third-order valence-corrected chi connectivity index (χ3v) is 3.90. The van der Waals surface area contributed by atoms with E-state index in [4.69, 9.17) is 4.18 Å². The molecule has 0 aliphatic rings. The Morgan fingerprint density at radius 1 is 1.08 bits per heavy atom. The molecule has 0 bridgehead atoms. The van der Waals surface area contributed by atoms with Gasteiger partial charge in [0.2, 0.25) is 0 Å². The third kappa shape index (κ3) is 5.09. The fourth-order valence-corrected chi connectivity index (χ4v) is 2.76. The van der Waals surface area contributed by atoms with Gasteiger partial charge >= 0.3 is 10.1 Å². The number of hydrogen-bond donors (Lipinski definition) is 0. The van der Waals surface area contributed by atoms with Gasteiger partial charge in [0.1, 0.15) is 5.75 Å². The summed E-state index contributed by atoms with van der Waals surface area (Å²) < 4.78 is 27.4. The van der Waals surface area contributed by atoms with E-state index in [0.717, 1.165) is 11.8 Å². The van der Waals surface area contributed by atoms with Crippen molar-refractivity contribution in [3.8, 4) is 5.75 Å². The van der Waals surface area contributed by atoms with Crippen molar-refractivity contribution < 1.29 is 17.4 Å². The Morgan fingerprint density at radius 2 is 1.75 bits per heavy atom. The lowest BCUT2D eigenvalue weighted by Gasteiger charge is -2.27. The Bertz CT molecular complexity index is 801. The number of rotatable bonds is 6. The maximum absolute atomic E-state index is 12.7. The second-order valence-electron chi connectivity index (χ2n) is 5.83. The molecule has 5 nitrogen and oxygen atoms in total. The molecule has 0 fully saturated rings. The van der Waals surface area contributed by atoms with Crippen LogP contribution in [0, 0.1) is 0 Å². The van der Waals surface area contributed by atoms with Gasteiger partial charge in [-0.2, -0.15) is 8.42 Å². The van der Waals surface area contributed by atoms with E-state index in [1.807, 2.05) is 38.1 Å². The Morgan fingerprint density at radius 3 is 2.33 bits per heavy atom. The molecule has 6 heteroatoms. The summed E-state index contributed by atoms with van der Waals surface area (Å²) in [5, 5.41) is 0. The quantitative estimate of drug-likeness (QED) is 0.753. The molecule has 0 saturated carbocycles. The average molecular weight is 347 g/mol. The van der Waals surface area contributed by atoms with Crippen molar-refractivity contribution in [2.24, 2.45) is 0 Å². The molecule has 0 aliphatic heterocycles. The van der Waals surface area contributed by atoms with Crippen LogP contribution >= 0.6 is 0 Å². The molecule has 0 spiro atoms. The normalized spacial score (nSPS) is 11.3. The molecule has 0 saturated heterocycles. The second kappa shape index (κ2) is 7.49. The van der Waals surface area contributed by atoms with Crippen LogP contribution in [-0.4, -0.2) is 31.5 Å². The molecular formula is C18H21NO4S. The van der Waals surface area contributed by atoms with Crippen LogP contribution in [0.25, 0.3) is 0 Å². The monoisotopic (exact) mass is 347 g/mol. The fourth-order valence-electron chi connectivity index (χ4n) is 2.30. The van der Waals surface area contributed by atoms with E-state index in [9.17, 15) is 13.2 Å². The van der Waals surface area contributed by atoms with Gasteiger partial charge in [0, 0.05) is 18.2 Å². The summed E-state index contributed by atoms with van der Waals surface area (Å²) in [5.74, 6) is 0.172. The molecule has 0 aromatic heterocycles. The molecule has 24 heavy (non-hydrogen) atoms. The van der Waals surface area contributed by atoms with Gasteiger partial charge < -0.3 is 9.08 Å². The van der Waals surface area contributed by atoms with Gasteiger partial charge in [-0.25, -0.2) is 0 Å². The first kappa shape index (κ1) is 18.0. The van der Waals surface area contributed by atoms with Crippen LogP contribution < -0.4 is 4.18 Å². The summed E-state index contributed by atoms with van der Waals surface area (Å²) in [6.07, 6.45) is 0.999. The molecule has 0 radical (unpaired) electrons. The zero-order valence-electron chi connectivity index (χ0n) is 14.0. The number of benzene rings is 2. The molecule has 0 N–H and O–H groups in total. The van der Waals surface area contributed by atoms with Gasteiger partial charge in [0.25, 0.3) is 5.91 Å². The van der Waals surface area contributed by atoms with E-state index >= 15 is 0 Å². The number of carbonyl (C=O) groups is 1. The van der Waals surface area contributed by atoms with E-state index in [-0.39, 0.29) is 17.7 Å². The molecule has 0 unspecified atom stereocenters. The van der Waals surface area contributed by atoms with Crippen molar-refractivity contribution in [1.29, 1.82) is 0 Å². The van der Waals surface area contributed by atoms with Gasteiger partial charge in [0.15, 0.2) is 0 Å². The van der Waals surface area contributed by atoms with Crippen LogP contribution in [0.3, 0.4) is 0 Å². The second-order valence-corrected chi connectivity index (χ2v) is 7.40. The highest BCUT2D eigenvalue weighted by atomic mass is 32.2. The molecule has 2 aromatic carbocycles. The van der Waals surface area contributed by atoms with Gasteiger partial charge in [-0.15, -0.1) is 0 Å². The topological polar surface area (TPSA) is 63.7 Å². The fraction of sp³-hybridized carbons (Fsp3) is 0.278. The van der Waals surface area contributed by atoms with Crippen LogP contribution in [0.5, 0.6) is 5.75 Å². The van der Waals surface area contributed by atoms with Crippen LogP contribution in [0.2, 0.25) is 0 Å². The van der Waals surface area contributed by atoms with Crippen molar-refractivity contribution in [1.82, 2.24) is 4.90 Å². The minimum atomic E-state index is -3.58. The van der Waals surface area contributed by atoms with Gasteiger partial charge in [-0.05, 0) is 43.7 Å². The van der Waals surface area contributed by atoms with Crippen molar-refractivity contribution in [3.63, 3.8) is 0 Å². The van der Waals surface area contributed by atoms with Crippen LogP contribution in [0.15, 0.2) is 54.6 Å². The minimum Gasteiger partial charge on any atom is -0.383 e. The molecule has 0 atom stereocenters. The standard InChI is InChI=1S/C18H21NO4S/c1-14(2)19(18(20)16-9-5-4-6-10-16)13-15-8-7-11-17(12-15)23-24(3,21)22/h4-12,14H,13H2,1-3H3. The smallest absolute Gasteiger partial charge is 0.306 e. The molecular weight excluding hydrogens is 326 g/mol. The Hall–Kier alpha value is -2.34. The van der Waals surface area contributed by atoms with Crippen molar-refractivity contribution in [2.45, 2.75) is 26.4 Å². The Balaban J connectivity index is 2.22. The summed E-state index contributed by atoms with van der Waals surface area (Å²) >= 11 is 0. The van der Waals surface area contributed by atoms with Crippen molar-refractivity contribution in [2.75, 3.05) is 6.26 Å². The summed E-state index contributed by atoms with van der Waals surface area (Å²) in [6.45, 7) is 4.25. The Kier molecular flexibility index (Phi) is 5.62. The van der Waals surface area contributed by atoms with Crippen LogP contribution in [0.1, 0.15) is 29.8 Å². The molecule has 2 rings (SSSR count). The van der Waals surface area contributed by atoms with Crippen LogP contribution in [-0.2, 0) is 16.7 Å². The Labute approximate surface area is 143 Å². The van der Waals surface area contributed by atoms with Gasteiger partial charge in [-0.3, -0.25) is 4.79 Å². The lowest BCUT2D eigenvalue weighted by atomic mass is 10.1. The van der Waals surface area contributed by atoms with E-state index < -0.39 is 10.1 Å². The zero-order valence-corrected chi connectivity index (χ0v) is 14.8. The highest BCUT2D eigenvalue weighted by Gasteiger charge is 2.19. The molecule has 0 aliphatic carbocycles. The van der Waals surface area contributed by atoms with E-state index in [0.29, 0.717) is 12.1 Å². The van der Waals surface area contributed by atoms with Crippen LogP contribution in [0.4, 0.5) is 0 Å². The summed E-state index contributed by atoms with van der Waals surface area (Å²) in [6, 6.07) is 15.8. The highest BCUT2D eigenvalue weighted by molar-refractivity contribution is 7.86. The number of hydrogen-bond acceptors (Lipinski definition) is 4. The zero-order chi connectivity index (χ0) is 17.7. The first-order valence-corrected chi connectivity index (χ1v) is 9.42. The summed E-state index contributed by atoms with van der Waals surface area (Å²) in [4.78, 5) is 14.4. The SMILES string of the molecule is CC(C)N(Cc1cccc(OS(C)(=O)=O)c1)C(=O)c1ccccc1. The minimum absolute atomic E-state index is 0.00260. The van der Waals surface area contributed by atoms with E-state index in [1.54, 1.807) is 35.2 Å². The third-order valence-electron chi connectivity index (χ3n) is 3.40. The average Bonchev–Trinajstić information content (AvgIpc) is 2.51. The first-order chi connectivity index (χ1) is 11.3. The molecule has 2 aromatic rings. The first-order valence-electron chi connectivity index (χ1n) is 7.60. The van der Waals surface area contributed by atoms with E-state index in [1.165, 1.54) is 0 Å². The maximum Gasteiger partial charge on any atom is 0.306 e. The maximum atomic E-state index is 12.7. The predicted octanol–water partition coefficient (Wildman–Crippen LogP) is 3.08. The summed E-state index contributed by atoms with van der Waals surface area (Å²) in [7, 11) is -3.58. The number of carbonyl (C=O) groups excluding carboxylic acids is 1. The van der Waals surface area contributed by atoms with E-state index in [2.05, 4.69) is 0 Å². The molecule has 128 valence electrons. The largest absolute Gasteiger partial charge is 0.383 e. The van der Waals surface area contributed by atoms with Gasteiger partial charge in [-0.1, -0.05) is 30.3 Å². The lowest BCUT2D eigenvalue weighted by Crippen LogP contribution is -2.36. The van der Waals surface area contributed by atoms with Gasteiger partial charge in [0.05, 0.1) is 6.26 Å². The number of nitrogens with zero attached hydrogens (tertiary/aromatic N) is 1. The molecule has 1 amide bonds. The summed E-state index contributed by atoms with van der Waals surface area (Å²) in [5.41, 5.74) is 1.42. The predicted molar refractivity (Wildman–Crippen MR) is 93.4 cm³/mol.